The van der Waals surface area contributed by atoms with Gasteiger partial charge in [0.15, 0.2) is 12.4 Å². The van der Waals surface area contributed by atoms with Gasteiger partial charge in [0.05, 0.1) is 22.7 Å². The number of hydrogen-bond acceptors (Lipinski definition) is 5. The molecule has 2 aromatic carbocycles. The number of carbonyl (C=O) groups is 2. The second-order valence-electron chi connectivity index (χ2n) is 6.25. The van der Waals surface area contributed by atoms with E-state index in [2.05, 4.69) is 5.32 Å². The lowest BCUT2D eigenvalue weighted by atomic mass is 10.1. The summed E-state index contributed by atoms with van der Waals surface area (Å²) in [6.07, 6.45) is -5.91. The summed E-state index contributed by atoms with van der Waals surface area (Å²) >= 11 is 5.70. The molecule has 0 aliphatic carbocycles. The molecule has 0 fully saturated rings. The lowest BCUT2D eigenvalue weighted by Gasteiger charge is -2.31. The summed E-state index contributed by atoms with van der Waals surface area (Å²) < 4.78 is 46.1. The molecule has 1 aliphatic rings. The molecule has 12 heteroatoms. The third kappa shape index (κ3) is 4.46. The minimum absolute atomic E-state index is 0.0278. The number of carbonyl (C=O) groups excluding carboxylic acids is 2. The van der Waals surface area contributed by atoms with Gasteiger partial charge in [0.25, 0.3) is 5.91 Å². The van der Waals surface area contributed by atoms with Gasteiger partial charge in [0.2, 0.25) is 5.91 Å². The monoisotopic (exact) mass is 443 g/mol. The Morgan fingerprint density at radius 2 is 2.00 bits per heavy atom. The number of nitrogens with zero attached hydrogens (tertiary/aromatic N) is 2. The van der Waals surface area contributed by atoms with Crippen LogP contribution in [0.5, 0.6) is 5.75 Å². The first-order valence-corrected chi connectivity index (χ1v) is 8.80. The van der Waals surface area contributed by atoms with E-state index in [1.807, 2.05) is 0 Å². The zero-order valence-corrected chi connectivity index (χ0v) is 15.7. The molecule has 2 aromatic rings. The van der Waals surface area contributed by atoms with Gasteiger partial charge in [-0.3, -0.25) is 24.6 Å². The van der Waals surface area contributed by atoms with Crippen molar-refractivity contribution in [3.8, 4) is 5.75 Å². The maximum Gasteiger partial charge on any atom is 0.409 e. The number of alkyl halides is 3. The van der Waals surface area contributed by atoms with Crippen molar-refractivity contribution in [1.82, 2.24) is 0 Å². The van der Waals surface area contributed by atoms with Crippen LogP contribution in [0, 0.1) is 10.1 Å². The number of nitrogens with one attached hydrogen (secondary N) is 1. The molecule has 0 saturated carbocycles. The lowest BCUT2D eigenvalue weighted by Crippen LogP contribution is -2.51. The Kier molecular flexibility index (Phi) is 5.83. The van der Waals surface area contributed by atoms with E-state index in [-0.39, 0.29) is 22.1 Å². The molecule has 0 radical (unpaired) electrons. The minimum atomic E-state index is -4.91. The first-order valence-electron chi connectivity index (χ1n) is 8.42. The van der Waals surface area contributed by atoms with Crippen LogP contribution in [-0.4, -0.2) is 35.6 Å². The molecule has 0 bridgehead atoms. The second kappa shape index (κ2) is 8.19. The zero-order valence-electron chi connectivity index (χ0n) is 15.0. The van der Waals surface area contributed by atoms with Gasteiger partial charge in [0, 0.05) is 11.1 Å². The van der Waals surface area contributed by atoms with Crippen LogP contribution in [0.1, 0.15) is 6.42 Å². The molecule has 30 heavy (non-hydrogen) atoms. The highest BCUT2D eigenvalue weighted by Gasteiger charge is 2.49. The fraction of sp³-hybridized carbons (Fsp3) is 0.222. The number of fused-ring (bicyclic) bond motifs is 1. The second-order valence-corrected chi connectivity index (χ2v) is 6.68. The number of nitro benzene ring substituents is 1. The molecular weight excluding hydrogens is 431 g/mol. The van der Waals surface area contributed by atoms with Crippen LogP contribution >= 0.6 is 11.6 Å². The smallest absolute Gasteiger partial charge is 0.409 e. The molecule has 0 spiro atoms. The molecule has 8 nitrogen and oxygen atoms in total. The van der Waals surface area contributed by atoms with E-state index in [1.54, 1.807) is 0 Å². The fourth-order valence-corrected chi connectivity index (χ4v) is 3.13. The summed E-state index contributed by atoms with van der Waals surface area (Å²) in [7, 11) is 0. The highest BCUT2D eigenvalue weighted by Crippen LogP contribution is 2.38. The number of anilines is 2. The van der Waals surface area contributed by atoms with Gasteiger partial charge in [-0.15, -0.1) is 0 Å². The van der Waals surface area contributed by atoms with Crippen LogP contribution in [0.2, 0.25) is 5.02 Å². The van der Waals surface area contributed by atoms with Gasteiger partial charge < -0.3 is 10.1 Å². The molecule has 2 amide bonds. The van der Waals surface area contributed by atoms with Crippen molar-refractivity contribution >= 4 is 40.5 Å². The molecule has 0 unspecified atom stereocenters. The van der Waals surface area contributed by atoms with Crippen molar-refractivity contribution in [1.29, 1.82) is 0 Å². The molecule has 1 heterocycles. The van der Waals surface area contributed by atoms with Gasteiger partial charge in [-0.2, -0.15) is 13.2 Å². The van der Waals surface area contributed by atoms with Crippen LogP contribution in [-0.2, 0) is 9.59 Å². The maximum absolute atomic E-state index is 13.7. The highest BCUT2D eigenvalue weighted by atomic mass is 35.5. The summed E-state index contributed by atoms with van der Waals surface area (Å²) in [6, 6.07) is 6.48. The van der Waals surface area contributed by atoms with Gasteiger partial charge >= 0.3 is 11.9 Å². The average Bonchev–Trinajstić information content (AvgIpc) is 2.82. The third-order valence-electron chi connectivity index (χ3n) is 4.24. The Morgan fingerprint density at radius 1 is 1.30 bits per heavy atom. The van der Waals surface area contributed by atoms with Gasteiger partial charge in [-0.1, -0.05) is 23.7 Å². The number of amides is 2. The topological polar surface area (TPSA) is 102 Å². The van der Waals surface area contributed by atoms with Crippen molar-refractivity contribution in [3.63, 3.8) is 0 Å². The summed E-state index contributed by atoms with van der Waals surface area (Å²) in [5.74, 6) is -2.38. The van der Waals surface area contributed by atoms with E-state index in [9.17, 15) is 32.9 Å². The van der Waals surface area contributed by atoms with E-state index in [4.69, 9.17) is 16.3 Å². The minimum Gasteiger partial charge on any atom is -0.477 e. The van der Waals surface area contributed by atoms with Crippen molar-refractivity contribution in [2.24, 2.45) is 0 Å². The molecule has 1 N–H and O–H groups in total. The number of ether oxygens (including phenoxy) is 1. The Hall–Kier alpha value is -3.34. The van der Waals surface area contributed by atoms with Crippen LogP contribution < -0.4 is 15.0 Å². The van der Waals surface area contributed by atoms with Crippen LogP contribution in [0.25, 0.3) is 0 Å². The third-order valence-corrected chi connectivity index (χ3v) is 4.48. The summed E-state index contributed by atoms with van der Waals surface area (Å²) in [5, 5.41) is 13.5. The van der Waals surface area contributed by atoms with Gasteiger partial charge in [-0.25, -0.2) is 0 Å². The lowest BCUT2D eigenvalue weighted by molar-refractivity contribution is -0.385. The SMILES string of the molecule is O=C1C[C@H](C(F)(F)F)N(C(=O)COc2ccc(Cl)cc2[N+](=O)[O-])c2ccccc2N1. The van der Waals surface area contributed by atoms with Crippen molar-refractivity contribution in [2.45, 2.75) is 18.6 Å². The zero-order chi connectivity index (χ0) is 22.1. The van der Waals surface area contributed by atoms with E-state index in [0.717, 1.165) is 12.1 Å². The first-order chi connectivity index (χ1) is 14.1. The van der Waals surface area contributed by atoms with E-state index >= 15 is 0 Å². The first kappa shape index (κ1) is 21.4. The van der Waals surface area contributed by atoms with Gasteiger partial charge in [0.1, 0.15) is 6.04 Å². The van der Waals surface area contributed by atoms with E-state index < -0.39 is 47.7 Å². The normalized spacial score (nSPS) is 16.3. The Balaban J connectivity index is 1.94. The molecule has 1 aliphatic heterocycles. The van der Waals surface area contributed by atoms with Crippen LogP contribution in [0.4, 0.5) is 30.2 Å². The maximum atomic E-state index is 13.7. The Bertz CT molecular complexity index is 1010. The average molecular weight is 444 g/mol. The van der Waals surface area contributed by atoms with Crippen molar-refractivity contribution < 1.29 is 32.4 Å². The van der Waals surface area contributed by atoms with Crippen molar-refractivity contribution in [2.75, 3.05) is 16.8 Å². The quantitative estimate of drug-likeness (QED) is 0.569. The van der Waals surface area contributed by atoms with Crippen LogP contribution in [0.15, 0.2) is 42.5 Å². The van der Waals surface area contributed by atoms with Crippen LogP contribution in [0.3, 0.4) is 0 Å². The molecule has 1 atom stereocenters. The predicted octanol–water partition coefficient (Wildman–Crippen LogP) is 3.93. The highest BCUT2D eigenvalue weighted by molar-refractivity contribution is 6.30. The predicted molar refractivity (Wildman–Crippen MR) is 101 cm³/mol. The van der Waals surface area contributed by atoms with E-state index in [0.29, 0.717) is 4.90 Å². The Labute approximate surface area is 172 Å². The standard InChI is InChI=1S/C18H13ClF3N3O5/c19-10-5-6-14(13(7-10)25(28)29)30-9-17(27)24-12-4-2-1-3-11(12)23-16(26)8-15(24)18(20,21)22/h1-7,15H,8-9H2,(H,23,26)/t15-/m1/s1. The molecule has 3 rings (SSSR count). The number of rotatable bonds is 4. The summed E-state index contributed by atoms with van der Waals surface area (Å²) in [6.45, 7) is -0.933. The Morgan fingerprint density at radius 3 is 2.67 bits per heavy atom. The number of hydrogen-bond donors (Lipinski definition) is 1. The van der Waals surface area contributed by atoms with Gasteiger partial charge in [-0.05, 0) is 24.3 Å². The molecule has 158 valence electrons. The molecule has 0 aromatic heterocycles. The fourth-order valence-electron chi connectivity index (χ4n) is 2.96. The molecule has 0 saturated heterocycles. The van der Waals surface area contributed by atoms with Crippen molar-refractivity contribution in [3.05, 3.63) is 57.6 Å². The molecular formula is C18H13ClF3N3O5. The number of benzene rings is 2. The van der Waals surface area contributed by atoms with E-state index in [1.165, 1.54) is 30.3 Å². The summed E-state index contributed by atoms with van der Waals surface area (Å²) in [4.78, 5) is 35.5. The number of para-hydroxylation sites is 2. The number of nitro groups is 1. The largest absolute Gasteiger partial charge is 0.477 e. The summed E-state index contributed by atoms with van der Waals surface area (Å²) in [5.41, 5.74) is -0.680. The number of halogens is 4.